The van der Waals surface area contributed by atoms with Crippen LogP contribution in [-0.2, 0) is 15.7 Å². The van der Waals surface area contributed by atoms with Crippen molar-refractivity contribution in [2.75, 3.05) is 13.7 Å². The average Bonchev–Trinajstić information content (AvgIpc) is 2.66. The lowest BCUT2D eigenvalue weighted by Gasteiger charge is -2.18. The van der Waals surface area contributed by atoms with Gasteiger partial charge in [0.2, 0.25) is 0 Å². The Morgan fingerprint density at radius 3 is 2.18 bits per heavy atom. The zero-order valence-electron chi connectivity index (χ0n) is 16.1. The van der Waals surface area contributed by atoms with Crippen LogP contribution in [0.4, 0.5) is 13.2 Å². The predicted octanol–water partition coefficient (Wildman–Crippen LogP) is 4.79. The summed E-state index contributed by atoms with van der Waals surface area (Å²) in [5.74, 6) is -0.380. The molecular formula is C21H23F3N2O2. The van der Waals surface area contributed by atoms with Crippen molar-refractivity contribution in [3.05, 3.63) is 65.4 Å². The summed E-state index contributed by atoms with van der Waals surface area (Å²) in [4.78, 5) is 13.8. The van der Waals surface area contributed by atoms with Gasteiger partial charge >= 0.3 is 12.1 Å². The molecule has 1 aromatic heterocycles. The van der Waals surface area contributed by atoms with E-state index in [1.807, 2.05) is 6.92 Å². The number of aryl methyl sites for hydroxylation is 2. The Hall–Kier alpha value is -2.93. The zero-order valence-corrected chi connectivity index (χ0v) is 16.1. The van der Waals surface area contributed by atoms with Gasteiger partial charge in [-0.15, -0.1) is 0 Å². The van der Waals surface area contributed by atoms with E-state index in [1.165, 1.54) is 26.3 Å². The number of nitrogens with zero attached hydrogens (tertiary/aromatic N) is 1. The maximum Gasteiger partial charge on any atom is 0.418 e. The van der Waals surface area contributed by atoms with Gasteiger partial charge in [0.05, 0.1) is 24.9 Å². The third-order valence-electron chi connectivity index (χ3n) is 4.01. The Morgan fingerprint density at radius 2 is 1.75 bits per heavy atom. The molecule has 0 fully saturated rings. The first-order chi connectivity index (χ1) is 13.1. The van der Waals surface area contributed by atoms with E-state index >= 15 is 0 Å². The molecular weight excluding hydrogens is 369 g/mol. The molecule has 0 unspecified atom stereocenters. The molecule has 0 aliphatic rings. The van der Waals surface area contributed by atoms with E-state index in [1.54, 1.807) is 24.3 Å². The van der Waals surface area contributed by atoms with Gasteiger partial charge in [-0.05, 0) is 42.2 Å². The fourth-order valence-corrected chi connectivity index (χ4v) is 2.65. The van der Waals surface area contributed by atoms with Gasteiger partial charge < -0.3 is 10.5 Å². The zero-order chi connectivity index (χ0) is 21.5. The number of ether oxygens (including phenoxy) is 1. The van der Waals surface area contributed by atoms with Crippen LogP contribution in [0.15, 0.2) is 37.6 Å². The van der Waals surface area contributed by atoms with Crippen LogP contribution in [0.25, 0.3) is 23.4 Å². The van der Waals surface area contributed by atoms with Crippen molar-refractivity contribution in [3.8, 4) is 11.3 Å². The number of rotatable bonds is 4. The SMILES string of the molecule is C=Cc1c(C)ccc(-c2nccc(C)c2C(F)(F)F)c1C=C.COC(=O)CN. The van der Waals surface area contributed by atoms with Crippen molar-refractivity contribution >= 4 is 18.1 Å². The molecule has 0 spiro atoms. The lowest BCUT2D eigenvalue weighted by Crippen LogP contribution is -2.14. The van der Waals surface area contributed by atoms with Gasteiger partial charge in [0.15, 0.2) is 0 Å². The van der Waals surface area contributed by atoms with Crippen LogP contribution in [0.5, 0.6) is 0 Å². The monoisotopic (exact) mass is 392 g/mol. The average molecular weight is 392 g/mol. The Kier molecular flexibility index (Phi) is 8.13. The number of nitrogens with two attached hydrogens (primary N) is 1. The molecule has 0 aliphatic heterocycles. The fraction of sp³-hybridized carbons (Fsp3) is 0.238. The third kappa shape index (κ3) is 5.29. The van der Waals surface area contributed by atoms with Crippen LogP contribution in [-0.4, -0.2) is 24.6 Å². The Morgan fingerprint density at radius 1 is 1.14 bits per heavy atom. The summed E-state index contributed by atoms with van der Waals surface area (Å²) in [7, 11) is 1.30. The highest BCUT2D eigenvalue weighted by Crippen LogP contribution is 2.40. The lowest BCUT2D eigenvalue weighted by atomic mass is 9.91. The highest BCUT2D eigenvalue weighted by molar-refractivity contribution is 5.82. The summed E-state index contributed by atoms with van der Waals surface area (Å²) in [6, 6.07) is 4.78. The van der Waals surface area contributed by atoms with Gasteiger partial charge in [0.25, 0.3) is 0 Å². The summed E-state index contributed by atoms with van der Waals surface area (Å²) >= 11 is 0. The van der Waals surface area contributed by atoms with Crippen LogP contribution in [0.1, 0.15) is 27.8 Å². The molecule has 0 saturated heterocycles. The van der Waals surface area contributed by atoms with E-state index in [9.17, 15) is 18.0 Å². The second kappa shape index (κ2) is 9.85. The maximum atomic E-state index is 13.4. The van der Waals surface area contributed by atoms with Gasteiger partial charge in [-0.2, -0.15) is 13.2 Å². The number of hydrogen-bond acceptors (Lipinski definition) is 4. The predicted molar refractivity (Wildman–Crippen MR) is 105 cm³/mol. The molecule has 7 heteroatoms. The normalized spacial score (nSPS) is 10.5. The summed E-state index contributed by atoms with van der Waals surface area (Å²) in [6.45, 7) is 10.7. The Labute approximate surface area is 162 Å². The summed E-state index contributed by atoms with van der Waals surface area (Å²) in [6.07, 6.45) is 0.0913. The van der Waals surface area contributed by atoms with E-state index in [0.29, 0.717) is 11.1 Å². The Balaban J connectivity index is 0.000000568. The van der Waals surface area contributed by atoms with Gasteiger partial charge in [0.1, 0.15) is 0 Å². The van der Waals surface area contributed by atoms with Crippen LogP contribution in [0.2, 0.25) is 0 Å². The van der Waals surface area contributed by atoms with E-state index in [0.717, 1.165) is 11.1 Å². The molecule has 2 rings (SSSR count). The standard InChI is InChI=1S/C18H16F3N.C3H7NO2/c1-5-13-11(3)7-8-15(14(13)6-2)17-16(18(19,20)21)12(4)9-10-22-17;1-6-3(5)2-4/h5-10H,1-2H2,3-4H3;2,4H2,1H3. The Bertz CT molecular complexity index is 869. The molecule has 0 saturated carbocycles. The summed E-state index contributed by atoms with van der Waals surface area (Å²) < 4.78 is 44.4. The van der Waals surface area contributed by atoms with Crippen molar-refractivity contribution in [2.24, 2.45) is 5.73 Å². The maximum absolute atomic E-state index is 13.4. The number of halogens is 3. The second-order valence-electron chi connectivity index (χ2n) is 5.80. The molecule has 1 heterocycles. The van der Waals surface area contributed by atoms with Crippen LogP contribution >= 0.6 is 0 Å². The molecule has 0 amide bonds. The minimum absolute atomic E-state index is 0.0312. The molecule has 150 valence electrons. The van der Waals surface area contributed by atoms with Crippen molar-refractivity contribution < 1.29 is 22.7 Å². The van der Waals surface area contributed by atoms with Crippen LogP contribution in [0, 0.1) is 13.8 Å². The number of aromatic nitrogens is 1. The topological polar surface area (TPSA) is 65.2 Å². The van der Waals surface area contributed by atoms with Gasteiger partial charge in [0, 0.05) is 11.8 Å². The number of benzene rings is 1. The third-order valence-corrected chi connectivity index (χ3v) is 4.01. The van der Waals surface area contributed by atoms with E-state index < -0.39 is 11.7 Å². The van der Waals surface area contributed by atoms with Crippen LogP contribution < -0.4 is 5.73 Å². The molecule has 2 N–H and O–H groups in total. The quantitative estimate of drug-likeness (QED) is 0.760. The summed E-state index contributed by atoms with van der Waals surface area (Å²) in [5, 5.41) is 0. The van der Waals surface area contributed by atoms with Gasteiger partial charge in [-0.25, -0.2) is 0 Å². The van der Waals surface area contributed by atoms with Crippen molar-refractivity contribution in [2.45, 2.75) is 20.0 Å². The van der Waals surface area contributed by atoms with E-state index in [2.05, 4.69) is 22.9 Å². The van der Waals surface area contributed by atoms with Gasteiger partial charge in [-0.1, -0.05) is 37.4 Å². The first-order valence-electron chi connectivity index (χ1n) is 8.30. The second-order valence-corrected chi connectivity index (χ2v) is 5.80. The lowest BCUT2D eigenvalue weighted by molar-refractivity contribution is -0.139. The number of hydrogen-bond donors (Lipinski definition) is 1. The molecule has 0 atom stereocenters. The van der Waals surface area contributed by atoms with E-state index in [-0.39, 0.29) is 23.8 Å². The number of carbonyl (C=O) groups excluding carboxylic acids is 1. The van der Waals surface area contributed by atoms with E-state index in [4.69, 9.17) is 5.73 Å². The molecule has 2 aromatic rings. The fourth-order valence-electron chi connectivity index (χ4n) is 2.65. The molecule has 4 nitrogen and oxygen atoms in total. The minimum Gasteiger partial charge on any atom is -0.468 e. The largest absolute Gasteiger partial charge is 0.468 e. The molecule has 1 aromatic carbocycles. The number of methoxy groups -OCH3 is 1. The van der Waals surface area contributed by atoms with Crippen LogP contribution in [0.3, 0.4) is 0 Å². The van der Waals surface area contributed by atoms with Crippen molar-refractivity contribution in [1.82, 2.24) is 4.98 Å². The molecule has 0 aliphatic carbocycles. The summed E-state index contributed by atoms with van der Waals surface area (Å²) in [5.41, 5.74) is 6.88. The number of alkyl halides is 3. The smallest absolute Gasteiger partial charge is 0.418 e. The minimum atomic E-state index is -4.47. The molecule has 28 heavy (non-hydrogen) atoms. The first kappa shape index (κ1) is 23.1. The molecule has 0 radical (unpaired) electrons. The number of pyridine rings is 1. The highest BCUT2D eigenvalue weighted by atomic mass is 19.4. The number of carbonyl (C=O) groups is 1. The van der Waals surface area contributed by atoms with Crippen molar-refractivity contribution in [1.29, 1.82) is 0 Å². The molecule has 0 bridgehead atoms. The van der Waals surface area contributed by atoms with Crippen molar-refractivity contribution in [3.63, 3.8) is 0 Å². The highest BCUT2D eigenvalue weighted by Gasteiger charge is 2.36. The first-order valence-corrected chi connectivity index (χ1v) is 8.30. The van der Waals surface area contributed by atoms with Gasteiger partial charge in [-0.3, -0.25) is 9.78 Å². The number of esters is 1.